The van der Waals surface area contributed by atoms with Crippen molar-refractivity contribution in [2.75, 3.05) is 0 Å². The molecule has 5 nitrogen and oxygen atoms in total. The first-order valence-electron chi connectivity index (χ1n) is 8.37. The zero-order valence-electron chi connectivity index (χ0n) is 15.2. The number of aryl methyl sites for hydroxylation is 3. The largest absolute Gasteiger partial charge is 0.508 e. The van der Waals surface area contributed by atoms with Gasteiger partial charge in [0.2, 0.25) is 0 Å². The van der Waals surface area contributed by atoms with Crippen LogP contribution < -0.4 is 0 Å². The third-order valence-corrected chi connectivity index (χ3v) is 3.94. The monoisotopic (exact) mass is 346 g/mol. The molecule has 0 radical (unpaired) electrons. The minimum Gasteiger partial charge on any atom is -0.508 e. The standard InChI is InChI=1S/C11H12N2.C10H10N2O/c1-9-3-5-10(6-4-9)11-7-8-13(2)12-11;1-12-7-6-10(11-12)8-2-4-9(13)5-3-8/h3-8H,1-2H3;2-7,13H,1H3. The van der Waals surface area contributed by atoms with E-state index in [9.17, 15) is 0 Å². The maximum atomic E-state index is 9.08. The molecule has 2 aromatic carbocycles. The van der Waals surface area contributed by atoms with Gasteiger partial charge in [0.1, 0.15) is 5.75 Å². The van der Waals surface area contributed by atoms with Crippen molar-refractivity contribution in [2.45, 2.75) is 6.92 Å². The molecule has 0 aliphatic heterocycles. The highest BCUT2D eigenvalue weighted by Gasteiger charge is 2.00. The quantitative estimate of drug-likeness (QED) is 0.592. The molecule has 0 amide bonds. The second kappa shape index (κ2) is 7.70. The number of aromatic hydroxyl groups is 1. The molecule has 4 rings (SSSR count). The Kier molecular flexibility index (Phi) is 5.17. The fourth-order valence-corrected chi connectivity index (χ4v) is 2.49. The van der Waals surface area contributed by atoms with Crippen LogP contribution in [-0.2, 0) is 14.1 Å². The highest BCUT2D eigenvalue weighted by Crippen LogP contribution is 2.19. The van der Waals surface area contributed by atoms with E-state index in [1.165, 1.54) is 11.1 Å². The Morgan fingerprint density at radius 3 is 1.46 bits per heavy atom. The fraction of sp³-hybridized carbons (Fsp3) is 0.143. The van der Waals surface area contributed by atoms with Crippen molar-refractivity contribution in [1.82, 2.24) is 19.6 Å². The van der Waals surface area contributed by atoms with Gasteiger partial charge in [-0.15, -0.1) is 0 Å². The second-order valence-corrected chi connectivity index (χ2v) is 6.16. The van der Waals surface area contributed by atoms with Gasteiger partial charge in [0, 0.05) is 37.6 Å². The number of benzene rings is 2. The van der Waals surface area contributed by atoms with Crippen LogP contribution in [0, 0.1) is 6.92 Å². The number of hydrogen-bond acceptors (Lipinski definition) is 3. The van der Waals surface area contributed by atoms with Crippen LogP contribution in [0.25, 0.3) is 22.5 Å². The van der Waals surface area contributed by atoms with Crippen molar-refractivity contribution in [2.24, 2.45) is 14.1 Å². The van der Waals surface area contributed by atoms with Crippen molar-refractivity contribution < 1.29 is 5.11 Å². The SMILES string of the molecule is Cc1ccc(-c2ccn(C)n2)cc1.Cn1ccc(-c2ccc(O)cc2)n1. The lowest BCUT2D eigenvalue weighted by Crippen LogP contribution is -1.87. The molecule has 0 spiro atoms. The minimum atomic E-state index is 0.277. The van der Waals surface area contributed by atoms with Crippen LogP contribution in [0.1, 0.15) is 5.56 Å². The molecule has 0 saturated carbocycles. The van der Waals surface area contributed by atoms with E-state index < -0.39 is 0 Å². The van der Waals surface area contributed by atoms with Crippen LogP contribution >= 0.6 is 0 Å². The average Bonchev–Trinajstić information content (AvgIpc) is 3.25. The summed E-state index contributed by atoms with van der Waals surface area (Å²) in [4.78, 5) is 0. The van der Waals surface area contributed by atoms with Gasteiger partial charge in [-0.2, -0.15) is 10.2 Å². The third-order valence-electron chi connectivity index (χ3n) is 3.94. The molecule has 0 bridgehead atoms. The van der Waals surface area contributed by atoms with Gasteiger partial charge in [0.25, 0.3) is 0 Å². The van der Waals surface area contributed by atoms with Gasteiger partial charge < -0.3 is 5.11 Å². The molecule has 0 unspecified atom stereocenters. The minimum absolute atomic E-state index is 0.277. The molecule has 0 atom stereocenters. The van der Waals surface area contributed by atoms with E-state index in [1.54, 1.807) is 16.8 Å². The Balaban J connectivity index is 0.000000151. The van der Waals surface area contributed by atoms with Gasteiger partial charge in [-0.3, -0.25) is 9.36 Å². The van der Waals surface area contributed by atoms with E-state index in [-0.39, 0.29) is 5.75 Å². The van der Waals surface area contributed by atoms with Crippen molar-refractivity contribution in [1.29, 1.82) is 0 Å². The first-order valence-corrected chi connectivity index (χ1v) is 8.37. The maximum absolute atomic E-state index is 9.08. The number of nitrogens with zero attached hydrogens (tertiary/aromatic N) is 4. The van der Waals surface area contributed by atoms with Gasteiger partial charge >= 0.3 is 0 Å². The van der Waals surface area contributed by atoms with E-state index in [2.05, 4.69) is 41.4 Å². The average molecular weight is 346 g/mol. The number of rotatable bonds is 2. The summed E-state index contributed by atoms with van der Waals surface area (Å²) in [6.07, 6.45) is 3.84. The van der Waals surface area contributed by atoms with E-state index in [0.717, 1.165) is 17.0 Å². The molecular formula is C21H22N4O. The lowest BCUT2D eigenvalue weighted by atomic mass is 10.1. The van der Waals surface area contributed by atoms with Gasteiger partial charge in [-0.05, 0) is 43.3 Å². The van der Waals surface area contributed by atoms with Crippen molar-refractivity contribution in [3.8, 4) is 28.3 Å². The van der Waals surface area contributed by atoms with Crippen LogP contribution in [0.4, 0.5) is 0 Å². The predicted octanol–water partition coefficient (Wildman–Crippen LogP) is 4.19. The van der Waals surface area contributed by atoms with Crippen molar-refractivity contribution >= 4 is 0 Å². The van der Waals surface area contributed by atoms with E-state index >= 15 is 0 Å². The number of phenols is 1. The Morgan fingerprint density at radius 1 is 0.654 bits per heavy atom. The first kappa shape index (κ1) is 17.5. The molecule has 132 valence electrons. The summed E-state index contributed by atoms with van der Waals surface area (Å²) in [5, 5.41) is 17.7. The van der Waals surface area contributed by atoms with Gasteiger partial charge in [0.05, 0.1) is 11.4 Å². The summed E-state index contributed by atoms with van der Waals surface area (Å²) in [6.45, 7) is 2.09. The first-order chi connectivity index (χ1) is 12.5. The van der Waals surface area contributed by atoms with Gasteiger partial charge in [0.15, 0.2) is 0 Å². The summed E-state index contributed by atoms with van der Waals surface area (Å²) >= 11 is 0. The second-order valence-electron chi connectivity index (χ2n) is 6.16. The molecule has 0 aliphatic carbocycles. The molecular weight excluding hydrogens is 324 g/mol. The van der Waals surface area contributed by atoms with Crippen molar-refractivity contribution in [3.05, 3.63) is 78.6 Å². The van der Waals surface area contributed by atoms with Crippen molar-refractivity contribution in [3.63, 3.8) is 0 Å². The Morgan fingerprint density at radius 2 is 1.08 bits per heavy atom. The van der Waals surface area contributed by atoms with Crippen LogP contribution in [0.3, 0.4) is 0 Å². The molecule has 0 saturated heterocycles. The van der Waals surface area contributed by atoms with Crippen LogP contribution in [0.2, 0.25) is 0 Å². The zero-order valence-corrected chi connectivity index (χ0v) is 15.2. The molecule has 0 fully saturated rings. The van der Waals surface area contributed by atoms with Gasteiger partial charge in [-0.1, -0.05) is 29.8 Å². The number of hydrogen-bond donors (Lipinski definition) is 1. The topological polar surface area (TPSA) is 55.9 Å². The lowest BCUT2D eigenvalue weighted by molar-refractivity contribution is 0.475. The molecule has 1 N–H and O–H groups in total. The lowest BCUT2D eigenvalue weighted by Gasteiger charge is -1.96. The van der Waals surface area contributed by atoms with E-state index in [0.29, 0.717) is 0 Å². The number of aromatic nitrogens is 4. The normalized spacial score (nSPS) is 10.3. The molecule has 5 heteroatoms. The van der Waals surface area contributed by atoms with Crippen LogP contribution in [0.15, 0.2) is 73.1 Å². The highest BCUT2D eigenvalue weighted by molar-refractivity contribution is 5.59. The van der Waals surface area contributed by atoms with E-state index in [4.69, 9.17) is 5.11 Å². The Hall–Kier alpha value is -3.34. The molecule has 4 aromatic rings. The zero-order chi connectivity index (χ0) is 18.5. The Labute approximate surface area is 153 Å². The highest BCUT2D eigenvalue weighted by atomic mass is 16.3. The van der Waals surface area contributed by atoms with Crippen LogP contribution in [-0.4, -0.2) is 24.7 Å². The summed E-state index contributed by atoms with van der Waals surface area (Å²) < 4.78 is 3.57. The molecule has 0 aliphatic rings. The summed E-state index contributed by atoms with van der Waals surface area (Å²) in [6, 6.07) is 19.4. The third kappa shape index (κ3) is 4.39. The van der Waals surface area contributed by atoms with Gasteiger partial charge in [-0.25, -0.2) is 0 Å². The molecule has 2 heterocycles. The smallest absolute Gasteiger partial charge is 0.115 e. The predicted molar refractivity (Wildman–Crippen MR) is 104 cm³/mol. The maximum Gasteiger partial charge on any atom is 0.115 e. The van der Waals surface area contributed by atoms with Crippen LogP contribution in [0.5, 0.6) is 5.75 Å². The molecule has 2 aromatic heterocycles. The summed E-state index contributed by atoms with van der Waals surface area (Å²) in [5.41, 5.74) is 5.41. The molecule has 26 heavy (non-hydrogen) atoms. The summed E-state index contributed by atoms with van der Waals surface area (Å²) in [5.74, 6) is 0.277. The summed E-state index contributed by atoms with van der Waals surface area (Å²) in [7, 11) is 3.81. The number of phenolic OH excluding ortho intramolecular Hbond substituents is 1. The fourth-order valence-electron chi connectivity index (χ4n) is 2.49. The Bertz CT molecular complexity index is 884. The van der Waals surface area contributed by atoms with E-state index in [1.807, 2.05) is 55.4 Å².